The van der Waals surface area contributed by atoms with Gasteiger partial charge in [0.15, 0.2) is 0 Å². The van der Waals surface area contributed by atoms with Crippen LogP contribution in [0.4, 0.5) is 5.95 Å². The lowest BCUT2D eigenvalue weighted by molar-refractivity contribution is 0.320. The molecular formula is C25H23ClN4O. The van der Waals surface area contributed by atoms with E-state index in [2.05, 4.69) is 34.0 Å². The van der Waals surface area contributed by atoms with Crippen molar-refractivity contribution in [3.8, 4) is 28.3 Å². The van der Waals surface area contributed by atoms with E-state index in [-0.39, 0.29) is 5.95 Å². The fraction of sp³-hybridized carbons (Fsp3) is 0.160. The van der Waals surface area contributed by atoms with E-state index >= 15 is 0 Å². The maximum absolute atomic E-state index is 5.98. The van der Waals surface area contributed by atoms with Crippen LogP contribution < -0.4 is 10.5 Å². The van der Waals surface area contributed by atoms with Gasteiger partial charge in [-0.1, -0.05) is 36.7 Å². The number of aromatic nitrogens is 3. The number of rotatable bonds is 7. The van der Waals surface area contributed by atoms with Crippen LogP contribution in [0, 0.1) is 0 Å². The molecule has 2 N–H and O–H groups in total. The van der Waals surface area contributed by atoms with Crippen LogP contribution in [0.3, 0.4) is 0 Å². The molecule has 4 rings (SSSR count). The van der Waals surface area contributed by atoms with Crippen molar-refractivity contribution in [3.63, 3.8) is 0 Å². The molecule has 2 heterocycles. The lowest BCUT2D eigenvalue weighted by Crippen LogP contribution is -2.03. The van der Waals surface area contributed by atoms with Gasteiger partial charge in [-0.15, -0.1) is 0 Å². The van der Waals surface area contributed by atoms with Crippen molar-refractivity contribution in [1.29, 1.82) is 0 Å². The van der Waals surface area contributed by atoms with E-state index in [4.69, 9.17) is 22.1 Å². The Morgan fingerprint density at radius 3 is 2.10 bits per heavy atom. The summed E-state index contributed by atoms with van der Waals surface area (Å²) in [6.07, 6.45) is 3.68. The predicted molar refractivity (Wildman–Crippen MR) is 125 cm³/mol. The number of benzene rings is 2. The van der Waals surface area contributed by atoms with Crippen molar-refractivity contribution in [3.05, 3.63) is 89.2 Å². The predicted octanol–water partition coefficient (Wildman–Crippen LogP) is 5.63. The number of nitrogens with zero attached hydrogens (tertiary/aromatic N) is 3. The summed E-state index contributed by atoms with van der Waals surface area (Å²) in [5.74, 6) is 1.03. The van der Waals surface area contributed by atoms with Crippen molar-refractivity contribution in [2.75, 3.05) is 12.3 Å². The molecule has 4 aromatic rings. The first kappa shape index (κ1) is 20.8. The highest BCUT2D eigenvalue weighted by molar-refractivity contribution is 6.30. The van der Waals surface area contributed by atoms with Gasteiger partial charge in [-0.2, -0.15) is 0 Å². The van der Waals surface area contributed by atoms with Crippen LogP contribution in [-0.4, -0.2) is 21.6 Å². The first-order chi connectivity index (χ1) is 15.1. The molecule has 6 heteroatoms. The fourth-order valence-corrected chi connectivity index (χ4v) is 3.32. The van der Waals surface area contributed by atoms with E-state index in [1.807, 2.05) is 60.8 Å². The average molecular weight is 431 g/mol. The summed E-state index contributed by atoms with van der Waals surface area (Å²) in [6.45, 7) is 2.69. The van der Waals surface area contributed by atoms with Crippen LogP contribution in [0.5, 0.6) is 5.75 Å². The maximum atomic E-state index is 5.98. The molecule has 0 bridgehead atoms. The number of pyridine rings is 1. The molecule has 0 saturated carbocycles. The number of hydrogen-bond donors (Lipinski definition) is 1. The Morgan fingerprint density at radius 2 is 1.52 bits per heavy atom. The van der Waals surface area contributed by atoms with Crippen molar-refractivity contribution >= 4 is 17.5 Å². The van der Waals surface area contributed by atoms with Gasteiger partial charge in [0.1, 0.15) is 5.75 Å². The molecule has 2 aromatic heterocycles. The van der Waals surface area contributed by atoms with E-state index < -0.39 is 0 Å². The third-order valence-electron chi connectivity index (χ3n) is 4.95. The summed E-state index contributed by atoms with van der Waals surface area (Å²) in [4.78, 5) is 13.2. The molecule has 0 aliphatic heterocycles. The number of ether oxygens (including phenoxy) is 1. The van der Waals surface area contributed by atoms with Crippen molar-refractivity contribution in [1.82, 2.24) is 15.0 Å². The molecule has 0 aliphatic rings. The Balaban J connectivity index is 1.43. The van der Waals surface area contributed by atoms with Gasteiger partial charge in [-0.05, 0) is 60.5 Å². The number of nitrogen functional groups attached to an aromatic ring is 1. The Hall–Kier alpha value is -3.44. The Bertz CT molecular complexity index is 1140. The van der Waals surface area contributed by atoms with Gasteiger partial charge < -0.3 is 10.5 Å². The first-order valence-electron chi connectivity index (χ1n) is 10.2. The highest BCUT2D eigenvalue weighted by Crippen LogP contribution is 2.27. The van der Waals surface area contributed by atoms with Crippen molar-refractivity contribution < 1.29 is 4.74 Å². The van der Waals surface area contributed by atoms with Gasteiger partial charge in [0.2, 0.25) is 5.95 Å². The Kier molecular flexibility index (Phi) is 6.43. The van der Waals surface area contributed by atoms with E-state index in [0.29, 0.717) is 11.6 Å². The van der Waals surface area contributed by atoms with Crippen LogP contribution in [0.25, 0.3) is 22.5 Å². The van der Waals surface area contributed by atoms with Gasteiger partial charge in [0, 0.05) is 34.5 Å². The second-order valence-corrected chi connectivity index (χ2v) is 7.57. The minimum atomic E-state index is 0.226. The van der Waals surface area contributed by atoms with E-state index in [1.54, 1.807) is 0 Å². The standard InChI is InChI=1S/C25H23ClN4O/c1-2-17-3-10-21(28-16-17)13-14-31-22-11-6-19(7-12-22)24-15-23(29-25(27)30-24)18-4-8-20(26)9-5-18/h3-12,15-16H,2,13-14H2,1H3,(H2,27,29,30). The number of anilines is 1. The molecule has 0 spiro atoms. The van der Waals surface area contributed by atoms with Gasteiger partial charge in [-0.25, -0.2) is 9.97 Å². The summed E-state index contributed by atoms with van der Waals surface area (Å²) in [5.41, 5.74) is 11.6. The summed E-state index contributed by atoms with van der Waals surface area (Å²) in [7, 11) is 0. The van der Waals surface area contributed by atoms with Crippen LogP contribution in [0.1, 0.15) is 18.2 Å². The third kappa shape index (κ3) is 5.38. The zero-order chi connectivity index (χ0) is 21.6. The summed E-state index contributed by atoms with van der Waals surface area (Å²) < 4.78 is 5.88. The quantitative estimate of drug-likeness (QED) is 0.411. The number of nitrogens with two attached hydrogens (primary N) is 1. The smallest absolute Gasteiger partial charge is 0.221 e. The molecule has 0 fully saturated rings. The molecule has 0 unspecified atom stereocenters. The topological polar surface area (TPSA) is 73.9 Å². The normalized spacial score (nSPS) is 10.8. The molecular weight excluding hydrogens is 408 g/mol. The third-order valence-corrected chi connectivity index (χ3v) is 5.21. The molecule has 156 valence electrons. The minimum Gasteiger partial charge on any atom is -0.493 e. The number of hydrogen-bond acceptors (Lipinski definition) is 5. The van der Waals surface area contributed by atoms with Crippen LogP contribution in [0.15, 0.2) is 72.9 Å². The number of aryl methyl sites for hydroxylation is 1. The Labute approximate surface area is 186 Å². The number of halogens is 1. The van der Waals surface area contributed by atoms with Crippen molar-refractivity contribution in [2.45, 2.75) is 19.8 Å². The minimum absolute atomic E-state index is 0.226. The molecule has 0 radical (unpaired) electrons. The summed E-state index contributed by atoms with van der Waals surface area (Å²) in [5, 5.41) is 0.676. The summed E-state index contributed by atoms with van der Waals surface area (Å²) >= 11 is 5.98. The molecule has 0 saturated heterocycles. The summed E-state index contributed by atoms with van der Waals surface area (Å²) in [6, 6.07) is 21.4. The largest absolute Gasteiger partial charge is 0.493 e. The molecule has 5 nitrogen and oxygen atoms in total. The zero-order valence-corrected chi connectivity index (χ0v) is 18.0. The molecule has 0 amide bonds. The molecule has 2 aromatic carbocycles. The first-order valence-corrected chi connectivity index (χ1v) is 10.6. The molecule has 0 atom stereocenters. The SMILES string of the molecule is CCc1ccc(CCOc2ccc(-c3cc(-c4ccc(Cl)cc4)nc(N)n3)cc2)nc1. The maximum Gasteiger partial charge on any atom is 0.221 e. The zero-order valence-electron chi connectivity index (χ0n) is 17.3. The van der Waals surface area contributed by atoms with Gasteiger partial charge >= 0.3 is 0 Å². The van der Waals surface area contributed by atoms with Gasteiger partial charge in [-0.3, -0.25) is 4.98 Å². The van der Waals surface area contributed by atoms with Crippen LogP contribution in [-0.2, 0) is 12.8 Å². The van der Waals surface area contributed by atoms with Crippen molar-refractivity contribution in [2.24, 2.45) is 0 Å². The van der Waals surface area contributed by atoms with E-state index in [1.165, 1.54) is 5.56 Å². The van der Waals surface area contributed by atoms with Gasteiger partial charge in [0.05, 0.1) is 18.0 Å². The van der Waals surface area contributed by atoms with Gasteiger partial charge in [0.25, 0.3) is 0 Å². The lowest BCUT2D eigenvalue weighted by atomic mass is 10.1. The fourth-order valence-electron chi connectivity index (χ4n) is 3.19. The van der Waals surface area contributed by atoms with Crippen LogP contribution >= 0.6 is 11.6 Å². The van der Waals surface area contributed by atoms with E-state index in [9.17, 15) is 0 Å². The highest BCUT2D eigenvalue weighted by atomic mass is 35.5. The lowest BCUT2D eigenvalue weighted by Gasteiger charge is -2.09. The molecule has 31 heavy (non-hydrogen) atoms. The second kappa shape index (κ2) is 9.58. The second-order valence-electron chi connectivity index (χ2n) is 7.14. The average Bonchev–Trinajstić information content (AvgIpc) is 2.80. The molecule has 0 aliphatic carbocycles. The van der Waals surface area contributed by atoms with E-state index in [0.717, 1.165) is 46.8 Å². The highest BCUT2D eigenvalue weighted by Gasteiger charge is 2.08. The monoisotopic (exact) mass is 430 g/mol. The van der Waals surface area contributed by atoms with Crippen LogP contribution in [0.2, 0.25) is 5.02 Å². The Morgan fingerprint density at radius 1 is 0.871 bits per heavy atom.